The molecule has 1 aromatic rings. The van der Waals surface area contributed by atoms with Crippen molar-refractivity contribution in [1.82, 2.24) is 9.78 Å². The summed E-state index contributed by atoms with van der Waals surface area (Å²) in [7, 11) is 1.93. The average Bonchev–Trinajstić information content (AvgIpc) is 2.31. The summed E-state index contributed by atoms with van der Waals surface area (Å²) in [5.74, 6) is 1.02. The van der Waals surface area contributed by atoms with Crippen LogP contribution in [0.4, 0.5) is 0 Å². The van der Waals surface area contributed by atoms with Crippen molar-refractivity contribution in [3.8, 4) is 0 Å². The summed E-state index contributed by atoms with van der Waals surface area (Å²) in [4.78, 5) is 0. The molecule has 2 nitrogen and oxygen atoms in total. The van der Waals surface area contributed by atoms with E-state index in [1.807, 2.05) is 7.05 Å². The Balaban J connectivity index is 0.00000144. The van der Waals surface area contributed by atoms with Gasteiger partial charge in [-0.1, -0.05) is 45.2 Å². The van der Waals surface area contributed by atoms with Gasteiger partial charge in [0.2, 0.25) is 0 Å². The third-order valence-electron chi connectivity index (χ3n) is 1.94. The van der Waals surface area contributed by atoms with Crippen LogP contribution >= 0.6 is 0 Å². The van der Waals surface area contributed by atoms with Gasteiger partial charge in [-0.2, -0.15) is 5.56 Å². The molecule has 1 heterocycles. The number of hydrogen-bond donors (Lipinski definition) is 0. The Hall–Kier alpha value is -0.206. The number of aromatic nitrogens is 2. The Bertz CT molecular complexity index is 238. The molecule has 0 N–H and O–H groups in total. The number of hydrogen-bond acceptors (Lipinski definition) is 1. The predicted molar refractivity (Wildman–Crippen MR) is 50.2 cm³/mol. The molecule has 1 aromatic heterocycles. The average molecular weight is 216 g/mol. The normalized spacial score (nSPS) is 10.7. The molecule has 1 rings (SSSR count). The zero-order valence-corrected chi connectivity index (χ0v) is 10.4. The molecule has 0 unspecified atom stereocenters. The van der Waals surface area contributed by atoms with Crippen LogP contribution in [0.15, 0.2) is 0 Å². The molecular formula is C10H17N2V-. The third kappa shape index (κ3) is 2.89. The largest absolute Gasteiger partial charge is 0.379 e. The van der Waals surface area contributed by atoms with E-state index >= 15 is 0 Å². The Labute approximate surface area is 92.6 Å². The van der Waals surface area contributed by atoms with Crippen LogP contribution in [0.25, 0.3) is 0 Å². The number of aryl methyl sites for hydroxylation is 1. The predicted octanol–water partition coefficient (Wildman–Crippen LogP) is 2.46. The molecule has 0 aliphatic heterocycles. The molecule has 0 fully saturated rings. The molecule has 0 amide bonds. The van der Waals surface area contributed by atoms with Gasteiger partial charge < -0.3 is 4.68 Å². The fourth-order valence-corrected chi connectivity index (χ4v) is 1.32. The van der Waals surface area contributed by atoms with Gasteiger partial charge in [0.15, 0.2) is 0 Å². The summed E-state index contributed by atoms with van der Waals surface area (Å²) in [6.45, 7) is 8.70. The van der Waals surface area contributed by atoms with Crippen LogP contribution in [0.3, 0.4) is 0 Å². The smallest absolute Gasteiger partial charge is 0.00776 e. The van der Waals surface area contributed by atoms with E-state index in [0.717, 1.165) is 0 Å². The minimum absolute atomic E-state index is 0. The van der Waals surface area contributed by atoms with Gasteiger partial charge in [0, 0.05) is 25.6 Å². The molecule has 73 valence electrons. The Kier molecular flexibility index (Phi) is 4.80. The first-order chi connectivity index (χ1) is 5.52. The first-order valence-corrected chi connectivity index (χ1v) is 4.48. The van der Waals surface area contributed by atoms with Crippen molar-refractivity contribution in [2.24, 2.45) is 7.05 Å². The van der Waals surface area contributed by atoms with Crippen molar-refractivity contribution in [1.29, 1.82) is 0 Å². The summed E-state index contributed by atoms with van der Waals surface area (Å²) in [5, 5.41) is 4.39. The zero-order valence-electron chi connectivity index (χ0n) is 9.00. The Morgan fingerprint density at radius 3 is 2.00 bits per heavy atom. The van der Waals surface area contributed by atoms with Crippen LogP contribution in [-0.4, -0.2) is 9.78 Å². The topological polar surface area (TPSA) is 17.8 Å². The van der Waals surface area contributed by atoms with Crippen molar-refractivity contribution < 1.29 is 18.6 Å². The molecule has 0 aromatic carbocycles. The van der Waals surface area contributed by atoms with Crippen molar-refractivity contribution in [2.45, 2.75) is 39.5 Å². The minimum atomic E-state index is 0. The van der Waals surface area contributed by atoms with Crippen LogP contribution in [0.1, 0.15) is 50.8 Å². The summed E-state index contributed by atoms with van der Waals surface area (Å²) in [6, 6.07) is 0. The van der Waals surface area contributed by atoms with Crippen LogP contribution in [-0.2, 0) is 25.6 Å². The molecule has 0 aliphatic rings. The van der Waals surface area contributed by atoms with E-state index in [2.05, 4.69) is 39.0 Å². The van der Waals surface area contributed by atoms with E-state index in [0.29, 0.717) is 11.8 Å². The molecule has 1 radical (unpaired) electrons. The van der Waals surface area contributed by atoms with Crippen LogP contribution in [0, 0.1) is 6.20 Å². The summed E-state index contributed by atoms with van der Waals surface area (Å²) in [6.07, 6.45) is 3.23. The van der Waals surface area contributed by atoms with Gasteiger partial charge in [0.1, 0.15) is 0 Å². The molecular weight excluding hydrogens is 199 g/mol. The molecule has 0 atom stereocenters. The SMILES string of the molecule is CC(C)c1[c-]n(C)nc1C(C)C.[V]. The van der Waals surface area contributed by atoms with Crippen molar-refractivity contribution >= 4 is 0 Å². The Morgan fingerprint density at radius 1 is 1.15 bits per heavy atom. The van der Waals surface area contributed by atoms with Crippen molar-refractivity contribution in [2.75, 3.05) is 0 Å². The summed E-state index contributed by atoms with van der Waals surface area (Å²) >= 11 is 0. The summed E-state index contributed by atoms with van der Waals surface area (Å²) in [5.41, 5.74) is 2.44. The quantitative estimate of drug-likeness (QED) is 0.694. The first kappa shape index (κ1) is 12.8. The maximum absolute atomic E-state index is 4.39. The van der Waals surface area contributed by atoms with Gasteiger partial charge in [-0.3, -0.25) is 5.10 Å². The van der Waals surface area contributed by atoms with E-state index in [1.165, 1.54) is 11.3 Å². The van der Waals surface area contributed by atoms with Gasteiger partial charge >= 0.3 is 0 Å². The standard InChI is InChI=1S/C10H17N2.V/c1-7(2)9-6-12(5)11-10(9)8(3)4;/h7-8H,1-5H3;/q-1;. The molecule has 0 saturated heterocycles. The van der Waals surface area contributed by atoms with Gasteiger partial charge in [-0.25, -0.2) is 0 Å². The minimum Gasteiger partial charge on any atom is -0.379 e. The Morgan fingerprint density at radius 2 is 1.69 bits per heavy atom. The molecule has 13 heavy (non-hydrogen) atoms. The second-order valence-corrected chi connectivity index (χ2v) is 3.84. The third-order valence-corrected chi connectivity index (χ3v) is 1.94. The van der Waals surface area contributed by atoms with E-state index < -0.39 is 0 Å². The van der Waals surface area contributed by atoms with Crippen molar-refractivity contribution in [3.63, 3.8) is 0 Å². The zero-order chi connectivity index (χ0) is 9.30. The molecule has 0 saturated carbocycles. The first-order valence-electron chi connectivity index (χ1n) is 4.48. The van der Waals surface area contributed by atoms with Gasteiger partial charge in [-0.15, -0.1) is 6.20 Å². The van der Waals surface area contributed by atoms with E-state index in [4.69, 9.17) is 0 Å². The van der Waals surface area contributed by atoms with E-state index in [9.17, 15) is 0 Å². The maximum Gasteiger partial charge on any atom is 0.00776 e. The molecule has 0 bridgehead atoms. The van der Waals surface area contributed by atoms with Crippen LogP contribution in [0.2, 0.25) is 0 Å². The van der Waals surface area contributed by atoms with Gasteiger partial charge in [0.25, 0.3) is 0 Å². The molecule has 0 aliphatic carbocycles. The number of nitrogens with zero attached hydrogens (tertiary/aromatic N) is 2. The van der Waals surface area contributed by atoms with E-state index in [-0.39, 0.29) is 18.6 Å². The molecule has 3 heteroatoms. The fourth-order valence-electron chi connectivity index (χ4n) is 1.32. The van der Waals surface area contributed by atoms with E-state index in [1.54, 1.807) is 4.68 Å². The summed E-state index contributed by atoms with van der Waals surface area (Å²) < 4.78 is 1.78. The fraction of sp³-hybridized carbons (Fsp3) is 0.700. The van der Waals surface area contributed by atoms with Crippen LogP contribution in [0.5, 0.6) is 0 Å². The second-order valence-electron chi connectivity index (χ2n) is 3.84. The maximum atomic E-state index is 4.39. The molecule has 0 spiro atoms. The van der Waals surface area contributed by atoms with Gasteiger partial charge in [-0.05, 0) is 0 Å². The van der Waals surface area contributed by atoms with Gasteiger partial charge in [0.05, 0.1) is 0 Å². The monoisotopic (exact) mass is 216 g/mol. The number of rotatable bonds is 2. The second kappa shape index (κ2) is 4.87. The van der Waals surface area contributed by atoms with Crippen LogP contribution < -0.4 is 0 Å². The van der Waals surface area contributed by atoms with Crippen molar-refractivity contribution in [3.05, 3.63) is 17.5 Å².